The highest BCUT2D eigenvalue weighted by molar-refractivity contribution is 7.09. The lowest BCUT2D eigenvalue weighted by Gasteiger charge is -2.39. The SMILES string of the molecule is Cc1ncsc1CN1CCC2(CC1)CC(c1noc(-c3ccccc3)n1)N(C)C2. The molecule has 2 fully saturated rings. The lowest BCUT2D eigenvalue weighted by Crippen LogP contribution is -2.40. The summed E-state index contributed by atoms with van der Waals surface area (Å²) in [5.74, 6) is 1.44. The Morgan fingerprint density at radius 3 is 2.72 bits per heavy atom. The Kier molecular flexibility index (Phi) is 4.97. The predicted octanol–water partition coefficient (Wildman–Crippen LogP) is 4.16. The largest absolute Gasteiger partial charge is 0.334 e. The van der Waals surface area contributed by atoms with Gasteiger partial charge in [-0.3, -0.25) is 9.80 Å². The van der Waals surface area contributed by atoms with Crippen LogP contribution in [-0.2, 0) is 6.54 Å². The zero-order chi connectivity index (χ0) is 19.8. The fraction of sp³-hybridized carbons (Fsp3) is 0.500. The first-order valence-corrected chi connectivity index (χ1v) is 11.2. The molecule has 1 atom stereocenters. The number of piperidine rings is 1. The number of nitrogens with zero attached hydrogens (tertiary/aromatic N) is 5. The Morgan fingerprint density at radius 2 is 2.00 bits per heavy atom. The minimum absolute atomic E-state index is 0.242. The smallest absolute Gasteiger partial charge is 0.257 e. The van der Waals surface area contributed by atoms with Crippen molar-refractivity contribution in [2.45, 2.75) is 38.8 Å². The average molecular weight is 410 g/mol. The first-order valence-electron chi connectivity index (χ1n) is 10.3. The van der Waals surface area contributed by atoms with Gasteiger partial charge in [-0.15, -0.1) is 11.3 Å². The standard InChI is InChI=1S/C22H27N5OS/c1-16-19(29-15-23-16)13-27-10-8-22(9-11-27)12-18(26(2)14-22)20-24-21(28-25-20)17-6-4-3-5-7-17/h3-7,15,18H,8-14H2,1-2H3. The molecule has 2 saturated heterocycles. The van der Waals surface area contributed by atoms with Gasteiger partial charge in [0.2, 0.25) is 0 Å². The molecule has 0 amide bonds. The molecule has 1 spiro atoms. The molecule has 2 aromatic heterocycles. The molecule has 0 bridgehead atoms. The van der Waals surface area contributed by atoms with E-state index in [1.54, 1.807) is 11.3 Å². The molecule has 0 saturated carbocycles. The van der Waals surface area contributed by atoms with Gasteiger partial charge in [-0.1, -0.05) is 23.4 Å². The van der Waals surface area contributed by atoms with Gasteiger partial charge in [-0.25, -0.2) is 4.98 Å². The highest BCUT2D eigenvalue weighted by atomic mass is 32.1. The topological polar surface area (TPSA) is 58.3 Å². The lowest BCUT2D eigenvalue weighted by molar-refractivity contribution is 0.106. The first kappa shape index (κ1) is 18.9. The number of thiazole rings is 1. The number of hydrogen-bond acceptors (Lipinski definition) is 7. The summed E-state index contributed by atoms with van der Waals surface area (Å²) in [7, 11) is 2.20. The van der Waals surface area contributed by atoms with E-state index in [1.165, 1.54) is 23.4 Å². The van der Waals surface area contributed by atoms with Gasteiger partial charge in [0.05, 0.1) is 17.2 Å². The summed E-state index contributed by atoms with van der Waals surface area (Å²) in [4.78, 5) is 15.5. The molecule has 7 heteroatoms. The summed E-state index contributed by atoms with van der Waals surface area (Å²) in [5.41, 5.74) is 4.49. The zero-order valence-corrected chi connectivity index (χ0v) is 17.9. The molecule has 1 unspecified atom stereocenters. The van der Waals surface area contributed by atoms with Gasteiger partial charge < -0.3 is 4.52 Å². The number of aryl methyl sites for hydroxylation is 1. The van der Waals surface area contributed by atoms with Crippen molar-refractivity contribution in [1.29, 1.82) is 0 Å². The molecule has 1 aromatic carbocycles. The number of rotatable bonds is 4. The molecule has 0 N–H and O–H groups in total. The average Bonchev–Trinajstić information content (AvgIpc) is 3.45. The second kappa shape index (κ2) is 7.63. The fourth-order valence-electron chi connectivity index (χ4n) is 4.86. The van der Waals surface area contributed by atoms with Crippen molar-refractivity contribution in [1.82, 2.24) is 24.9 Å². The van der Waals surface area contributed by atoms with Crippen LogP contribution in [0.3, 0.4) is 0 Å². The van der Waals surface area contributed by atoms with Crippen molar-refractivity contribution in [2.75, 3.05) is 26.7 Å². The molecule has 6 nitrogen and oxygen atoms in total. The molecular formula is C22H27N5OS. The van der Waals surface area contributed by atoms with E-state index in [9.17, 15) is 0 Å². The Labute approximate surface area is 175 Å². The van der Waals surface area contributed by atoms with E-state index >= 15 is 0 Å². The Morgan fingerprint density at radius 1 is 1.21 bits per heavy atom. The molecule has 2 aliphatic heterocycles. The second-order valence-electron chi connectivity index (χ2n) is 8.60. The Balaban J connectivity index is 1.25. The first-order chi connectivity index (χ1) is 14.1. The third-order valence-corrected chi connectivity index (χ3v) is 7.55. The van der Waals surface area contributed by atoms with Crippen molar-refractivity contribution in [2.24, 2.45) is 5.41 Å². The van der Waals surface area contributed by atoms with Gasteiger partial charge >= 0.3 is 0 Å². The van der Waals surface area contributed by atoms with E-state index in [1.807, 2.05) is 35.8 Å². The highest BCUT2D eigenvalue weighted by Gasteiger charge is 2.46. The van der Waals surface area contributed by atoms with Crippen LogP contribution in [-0.4, -0.2) is 51.6 Å². The Hall–Kier alpha value is -2.09. The fourth-order valence-corrected chi connectivity index (χ4v) is 5.67. The molecule has 0 aliphatic carbocycles. The van der Waals surface area contributed by atoms with Gasteiger partial charge in [-0.05, 0) is 63.9 Å². The van der Waals surface area contributed by atoms with Crippen molar-refractivity contribution >= 4 is 11.3 Å². The summed E-state index contributed by atoms with van der Waals surface area (Å²) in [5, 5.41) is 4.33. The minimum Gasteiger partial charge on any atom is -0.334 e. The van der Waals surface area contributed by atoms with Crippen molar-refractivity contribution in [3.8, 4) is 11.5 Å². The van der Waals surface area contributed by atoms with Crippen molar-refractivity contribution in [3.63, 3.8) is 0 Å². The molecular weight excluding hydrogens is 382 g/mol. The van der Waals surface area contributed by atoms with Gasteiger partial charge in [0, 0.05) is 23.5 Å². The maximum absolute atomic E-state index is 5.57. The Bertz CT molecular complexity index is 961. The van der Waals surface area contributed by atoms with Crippen LogP contribution in [0.5, 0.6) is 0 Å². The van der Waals surface area contributed by atoms with E-state index in [2.05, 4.69) is 33.9 Å². The van der Waals surface area contributed by atoms with Crippen LogP contribution in [0.25, 0.3) is 11.5 Å². The molecule has 4 heterocycles. The highest BCUT2D eigenvalue weighted by Crippen LogP contribution is 2.48. The zero-order valence-electron chi connectivity index (χ0n) is 17.0. The van der Waals surface area contributed by atoms with Crippen LogP contribution >= 0.6 is 11.3 Å². The van der Waals surface area contributed by atoms with E-state index < -0.39 is 0 Å². The lowest BCUT2D eigenvalue weighted by atomic mass is 9.76. The number of aromatic nitrogens is 3. The van der Waals surface area contributed by atoms with Gasteiger partial charge in [0.25, 0.3) is 5.89 Å². The molecule has 2 aliphatic rings. The monoisotopic (exact) mass is 409 g/mol. The van der Waals surface area contributed by atoms with Gasteiger partial charge in [0.15, 0.2) is 5.82 Å². The van der Waals surface area contributed by atoms with E-state index in [-0.39, 0.29) is 6.04 Å². The second-order valence-corrected chi connectivity index (χ2v) is 9.54. The van der Waals surface area contributed by atoms with Crippen LogP contribution < -0.4 is 0 Å². The maximum atomic E-state index is 5.57. The number of benzene rings is 1. The summed E-state index contributed by atoms with van der Waals surface area (Å²) < 4.78 is 5.57. The maximum Gasteiger partial charge on any atom is 0.257 e. The quantitative estimate of drug-likeness (QED) is 0.645. The summed E-state index contributed by atoms with van der Waals surface area (Å²) in [6.45, 7) is 6.57. The van der Waals surface area contributed by atoms with Gasteiger partial charge in [0.1, 0.15) is 0 Å². The third kappa shape index (κ3) is 3.74. The number of hydrogen-bond donors (Lipinski definition) is 0. The van der Waals surface area contributed by atoms with Crippen LogP contribution in [0, 0.1) is 12.3 Å². The van der Waals surface area contributed by atoms with Crippen LogP contribution in [0.4, 0.5) is 0 Å². The van der Waals surface area contributed by atoms with Crippen molar-refractivity contribution in [3.05, 3.63) is 52.2 Å². The molecule has 29 heavy (non-hydrogen) atoms. The van der Waals surface area contributed by atoms with Crippen LogP contribution in [0.15, 0.2) is 40.4 Å². The summed E-state index contributed by atoms with van der Waals surface area (Å²) in [6, 6.07) is 10.3. The third-order valence-electron chi connectivity index (χ3n) is 6.63. The molecule has 152 valence electrons. The molecule has 5 rings (SSSR count). The van der Waals surface area contributed by atoms with E-state index in [0.29, 0.717) is 11.3 Å². The molecule has 0 radical (unpaired) electrons. The minimum atomic E-state index is 0.242. The number of likely N-dealkylation sites (tertiary alicyclic amines) is 2. The van der Waals surface area contributed by atoms with E-state index in [0.717, 1.165) is 44.0 Å². The van der Waals surface area contributed by atoms with Crippen LogP contribution in [0.1, 0.15) is 41.7 Å². The van der Waals surface area contributed by atoms with E-state index in [4.69, 9.17) is 9.51 Å². The van der Waals surface area contributed by atoms with Crippen molar-refractivity contribution < 1.29 is 4.52 Å². The summed E-state index contributed by atoms with van der Waals surface area (Å²) >= 11 is 1.78. The van der Waals surface area contributed by atoms with Gasteiger partial charge in [-0.2, -0.15) is 4.98 Å². The van der Waals surface area contributed by atoms with Crippen LogP contribution in [0.2, 0.25) is 0 Å². The molecule has 3 aromatic rings. The predicted molar refractivity (Wildman–Crippen MR) is 114 cm³/mol. The normalized spacial score (nSPS) is 22.5. The summed E-state index contributed by atoms with van der Waals surface area (Å²) in [6.07, 6.45) is 3.58.